The molecule has 28 heavy (non-hydrogen) atoms. The fraction of sp³-hybridized carbons (Fsp3) is 0.158. The number of fused-ring (bicyclic) bond motifs is 1. The zero-order valence-corrected chi connectivity index (χ0v) is 16.1. The zero-order valence-electron chi connectivity index (χ0n) is 15.3. The quantitative estimate of drug-likeness (QED) is 0.501. The highest BCUT2D eigenvalue weighted by molar-refractivity contribution is 7.99. The molecular formula is C19H18N4O4S. The summed E-state index contributed by atoms with van der Waals surface area (Å²) in [6.45, 7) is 1.90. The molecule has 0 aliphatic heterocycles. The van der Waals surface area contributed by atoms with Crippen LogP contribution in [0.1, 0.15) is 5.56 Å². The van der Waals surface area contributed by atoms with Crippen molar-refractivity contribution < 1.29 is 14.3 Å². The Bertz CT molecular complexity index is 1130. The Kier molecular flexibility index (Phi) is 5.65. The van der Waals surface area contributed by atoms with Gasteiger partial charge >= 0.3 is 6.03 Å². The molecular weight excluding hydrogens is 380 g/mol. The Hall–Kier alpha value is -3.33. The van der Waals surface area contributed by atoms with Crippen LogP contribution in [0.5, 0.6) is 5.75 Å². The second-order valence-corrected chi connectivity index (χ2v) is 6.87. The predicted octanol–water partition coefficient (Wildman–Crippen LogP) is 1.99. The molecule has 0 unspecified atom stereocenters. The SMILES string of the molecule is COc1ccc(C)cc1-n1c(SCC(=O)NC(N)=O)nc2ccccc2c1=O. The number of amides is 3. The lowest BCUT2D eigenvalue weighted by Gasteiger charge is -2.16. The van der Waals surface area contributed by atoms with Crippen molar-refractivity contribution in [2.75, 3.05) is 12.9 Å². The molecule has 0 saturated heterocycles. The topological polar surface area (TPSA) is 116 Å². The summed E-state index contributed by atoms with van der Waals surface area (Å²) in [5.74, 6) is -0.224. The van der Waals surface area contributed by atoms with E-state index in [0.717, 1.165) is 17.3 Å². The highest BCUT2D eigenvalue weighted by Gasteiger charge is 2.18. The molecule has 144 valence electrons. The molecule has 3 amide bonds. The number of methoxy groups -OCH3 is 1. The number of nitrogens with zero attached hydrogens (tertiary/aromatic N) is 2. The van der Waals surface area contributed by atoms with E-state index in [-0.39, 0.29) is 11.3 Å². The van der Waals surface area contributed by atoms with Gasteiger partial charge in [0.15, 0.2) is 5.16 Å². The molecule has 3 aromatic rings. The summed E-state index contributed by atoms with van der Waals surface area (Å²) in [6.07, 6.45) is 0. The summed E-state index contributed by atoms with van der Waals surface area (Å²) in [5, 5.41) is 2.73. The second-order valence-electron chi connectivity index (χ2n) is 5.93. The number of nitrogens with one attached hydrogen (secondary N) is 1. The Labute approximate surface area is 164 Å². The minimum Gasteiger partial charge on any atom is -0.495 e. The molecule has 0 bridgehead atoms. The van der Waals surface area contributed by atoms with Gasteiger partial charge in [0.25, 0.3) is 5.56 Å². The van der Waals surface area contributed by atoms with E-state index >= 15 is 0 Å². The molecule has 0 fully saturated rings. The van der Waals surface area contributed by atoms with Gasteiger partial charge in [-0.25, -0.2) is 9.78 Å². The van der Waals surface area contributed by atoms with Crippen molar-refractivity contribution in [1.29, 1.82) is 0 Å². The summed E-state index contributed by atoms with van der Waals surface area (Å²) in [7, 11) is 1.51. The van der Waals surface area contributed by atoms with E-state index in [4.69, 9.17) is 10.5 Å². The standard InChI is InChI=1S/C19H18N4O4S/c1-11-7-8-15(27-2)14(9-11)23-17(25)12-5-3-4-6-13(12)21-19(23)28-10-16(24)22-18(20)26/h3-9H,10H2,1-2H3,(H3,20,22,24,26). The number of nitrogens with two attached hydrogens (primary N) is 1. The first-order valence-electron chi connectivity index (χ1n) is 8.29. The summed E-state index contributed by atoms with van der Waals surface area (Å²) in [4.78, 5) is 40.5. The molecule has 3 rings (SSSR count). The van der Waals surface area contributed by atoms with E-state index in [2.05, 4.69) is 4.98 Å². The molecule has 0 aliphatic carbocycles. The number of carbonyl (C=O) groups is 2. The monoisotopic (exact) mass is 398 g/mol. The summed E-state index contributed by atoms with van der Waals surface area (Å²) in [5.41, 5.74) is 6.64. The second kappa shape index (κ2) is 8.13. The molecule has 3 N–H and O–H groups in total. The maximum atomic E-state index is 13.2. The number of hydrogen-bond acceptors (Lipinski definition) is 6. The Morgan fingerprint density at radius 1 is 1.25 bits per heavy atom. The van der Waals surface area contributed by atoms with Gasteiger partial charge in [0, 0.05) is 0 Å². The minimum absolute atomic E-state index is 0.137. The number of para-hydroxylation sites is 1. The van der Waals surface area contributed by atoms with Crippen LogP contribution in [0.4, 0.5) is 4.79 Å². The van der Waals surface area contributed by atoms with E-state index < -0.39 is 11.9 Å². The molecule has 0 radical (unpaired) electrons. The van der Waals surface area contributed by atoms with Gasteiger partial charge < -0.3 is 10.5 Å². The number of aromatic nitrogens is 2. The number of imide groups is 1. The van der Waals surface area contributed by atoms with Gasteiger partial charge in [0.2, 0.25) is 5.91 Å². The van der Waals surface area contributed by atoms with Crippen LogP contribution in [-0.4, -0.2) is 34.4 Å². The van der Waals surface area contributed by atoms with Crippen LogP contribution in [0.25, 0.3) is 16.6 Å². The van der Waals surface area contributed by atoms with Gasteiger partial charge in [0.05, 0.1) is 29.5 Å². The largest absolute Gasteiger partial charge is 0.495 e. The van der Waals surface area contributed by atoms with Gasteiger partial charge in [-0.3, -0.25) is 19.5 Å². The van der Waals surface area contributed by atoms with Gasteiger partial charge in [-0.05, 0) is 36.8 Å². The number of ether oxygens (including phenoxy) is 1. The van der Waals surface area contributed by atoms with E-state index in [9.17, 15) is 14.4 Å². The molecule has 0 atom stereocenters. The lowest BCUT2D eigenvalue weighted by molar-refractivity contribution is -0.117. The van der Waals surface area contributed by atoms with Crippen molar-refractivity contribution in [1.82, 2.24) is 14.9 Å². The van der Waals surface area contributed by atoms with Crippen molar-refractivity contribution in [3.8, 4) is 11.4 Å². The van der Waals surface area contributed by atoms with E-state index in [1.807, 2.05) is 24.4 Å². The highest BCUT2D eigenvalue weighted by atomic mass is 32.2. The molecule has 2 aromatic carbocycles. The van der Waals surface area contributed by atoms with Crippen molar-refractivity contribution >= 4 is 34.6 Å². The first-order valence-corrected chi connectivity index (χ1v) is 9.28. The number of primary amides is 1. The number of aryl methyl sites for hydroxylation is 1. The van der Waals surface area contributed by atoms with Gasteiger partial charge in [-0.15, -0.1) is 0 Å². The molecule has 1 heterocycles. The number of carbonyl (C=O) groups excluding carboxylic acids is 2. The van der Waals surface area contributed by atoms with Crippen LogP contribution in [0.2, 0.25) is 0 Å². The lowest BCUT2D eigenvalue weighted by Crippen LogP contribution is -2.36. The van der Waals surface area contributed by atoms with Crippen LogP contribution in [-0.2, 0) is 4.79 Å². The summed E-state index contributed by atoms with van der Waals surface area (Å²) < 4.78 is 6.83. The predicted molar refractivity (Wildman–Crippen MR) is 107 cm³/mol. The van der Waals surface area contributed by atoms with Gasteiger partial charge in [0.1, 0.15) is 5.75 Å². The van der Waals surface area contributed by atoms with Crippen molar-refractivity contribution in [3.63, 3.8) is 0 Å². The first-order chi connectivity index (χ1) is 13.4. The van der Waals surface area contributed by atoms with Crippen LogP contribution in [0.15, 0.2) is 52.4 Å². The van der Waals surface area contributed by atoms with Gasteiger partial charge in [-0.2, -0.15) is 0 Å². The Morgan fingerprint density at radius 3 is 2.71 bits per heavy atom. The van der Waals surface area contributed by atoms with E-state index in [1.165, 1.54) is 11.7 Å². The van der Waals surface area contributed by atoms with Crippen LogP contribution in [0.3, 0.4) is 0 Å². The third-order valence-corrected chi connectivity index (χ3v) is 4.85. The first kappa shape index (κ1) is 19.4. The fourth-order valence-corrected chi connectivity index (χ4v) is 3.51. The maximum Gasteiger partial charge on any atom is 0.318 e. The average Bonchev–Trinajstić information content (AvgIpc) is 2.66. The maximum absolute atomic E-state index is 13.2. The fourth-order valence-electron chi connectivity index (χ4n) is 2.70. The smallest absolute Gasteiger partial charge is 0.318 e. The number of hydrogen-bond donors (Lipinski definition) is 2. The van der Waals surface area contributed by atoms with Gasteiger partial charge in [-0.1, -0.05) is 30.0 Å². The van der Waals surface area contributed by atoms with Crippen molar-refractivity contribution in [2.45, 2.75) is 12.1 Å². The Balaban J connectivity index is 2.18. The van der Waals surface area contributed by atoms with Crippen LogP contribution in [0, 0.1) is 6.92 Å². The molecule has 8 nitrogen and oxygen atoms in total. The van der Waals surface area contributed by atoms with E-state index in [0.29, 0.717) is 27.5 Å². The normalized spacial score (nSPS) is 10.6. The molecule has 0 aliphatic rings. The zero-order chi connectivity index (χ0) is 20.3. The third kappa shape index (κ3) is 3.99. The molecule has 9 heteroatoms. The molecule has 1 aromatic heterocycles. The Morgan fingerprint density at radius 2 is 2.00 bits per heavy atom. The number of thioether (sulfide) groups is 1. The number of rotatable bonds is 5. The molecule has 0 saturated carbocycles. The van der Waals surface area contributed by atoms with Crippen molar-refractivity contribution in [3.05, 3.63) is 58.4 Å². The van der Waals surface area contributed by atoms with Crippen molar-refractivity contribution in [2.24, 2.45) is 5.73 Å². The number of benzene rings is 2. The number of urea groups is 1. The molecule has 0 spiro atoms. The lowest BCUT2D eigenvalue weighted by atomic mass is 10.2. The van der Waals surface area contributed by atoms with E-state index in [1.54, 1.807) is 30.3 Å². The third-order valence-electron chi connectivity index (χ3n) is 3.92. The van der Waals surface area contributed by atoms with Crippen LogP contribution < -0.4 is 21.3 Å². The summed E-state index contributed by atoms with van der Waals surface area (Å²) in [6, 6.07) is 11.5. The average molecular weight is 398 g/mol. The van der Waals surface area contributed by atoms with Crippen LogP contribution >= 0.6 is 11.8 Å². The summed E-state index contributed by atoms with van der Waals surface area (Å²) >= 11 is 1.02. The minimum atomic E-state index is -0.935. The highest BCUT2D eigenvalue weighted by Crippen LogP contribution is 2.28.